The molecule has 0 unspecified atom stereocenters. The Labute approximate surface area is 81.8 Å². The molecule has 0 spiro atoms. The number of carbonyl (C=O) groups is 2. The maximum absolute atomic E-state index is 10.8. The first-order chi connectivity index (χ1) is 5.97. The number of nitrogens with two attached hydrogens (primary N) is 2. The largest absolute Gasteiger partial charge is 0.370 e. The van der Waals surface area contributed by atoms with Gasteiger partial charge in [0.15, 0.2) is 0 Å². The third-order valence-corrected chi connectivity index (χ3v) is 1.81. The third-order valence-electron chi connectivity index (χ3n) is 1.41. The minimum atomic E-state index is -0.787. The van der Waals surface area contributed by atoms with Gasteiger partial charge in [-0.3, -0.25) is 9.59 Å². The van der Waals surface area contributed by atoms with Gasteiger partial charge in [-0.05, 0) is 6.42 Å². The number of thiocarbonyl (C=S) groups is 1. The van der Waals surface area contributed by atoms with Crippen LogP contribution in [-0.2, 0) is 9.59 Å². The van der Waals surface area contributed by atoms with Gasteiger partial charge < -0.3 is 16.8 Å². The van der Waals surface area contributed by atoms with E-state index in [1.807, 2.05) is 6.92 Å². The van der Waals surface area contributed by atoms with E-state index in [0.29, 0.717) is 11.4 Å². The van der Waals surface area contributed by atoms with Crippen LogP contribution in [0.2, 0.25) is 0 Å². The topological polar surface area (TPSA) is 98.2 Å². The number of rotatable bonds is 5. The minimum absolute atomic E-state index is 0.129. The number of hydrogen-bond acceptors (Lipinski definition) is 3. The highest BCUT2D eigenvalue weighted by Crippen LogP contribution is 1.92. The number of amides is 2. The quantitative estimate of drug-likeness (QED) is 0.501. The molecule has 0 aliphatic rings. The van der Waals surface area contributed by atoms with Gasteiger partial charge in [0, 0.05) is 0 Å². The Bertz CT molecular complexity index is 230. The molecule has 13 heavy (non-hydrogen) atoms. The zero-order valence-corrected chi connectivity index (χ0v) is 8.19. The first-order valence-corrected chi connectivity index (χ1v) is 4.25. The first-order valence-electron chi connectivity index (χ1n) is 3.84. The molecule has 0 aromatic heterocycles. The summed E-state index contributed by atoms with van der Waals surface area (Å²) in [4.78, 5) is 21.8. The maximum Gasteiger partial charge on any atom is 0.240 e. The lowest BCUT2D eigenvalue weighted by molar-refractivity contribution is -0.124. The summed E-state index contributed by atoms with van der Waals surface area (Å²) >= 11 is 4.83. The van der Waals surface area contributed by atoms with Crippen LogP contribution in [0, 0.1) is 0 Å². The van der Waals surface area contributed by atoms with E-state index in [0.717, 1.165) is 0 Å². The first kappa shape index (κ1) is 11.8. The van der Waals surface area contributed by atoms with Crippen LogP contribution >= 0.6 is 12.2 Å². The third kappa shape index (κ3) is 5.13. The Morgan fingerprint density at radius 1 is 1.46 bits per heavy atom. The van der Waals surface area contributed by atoms with Gasteiger partial charge in [0.1, 0.15) is 6.04 Å². The van der Waals surface area contributed by atoms with Gasteiger partial charge >= 0.3 is 0 Å². The Kier molecular flexibility index (Phi) is 4.98. The van der Waals surface area contributed by atoms with Crippen LogP contribution in [0.1, 0.15) is 19.8 Å². The van der Waals surface area contributed by atoms with Crippen molar-refractivity contribution < 1.29 is 9.59 Å². The van der Waals surface area contributed by atoms with Crippen molar-refractivity contribution in [1.29, 1.82) is 0 Å². The number of hydrogen-bond donors (Lipinski definition) is 3. The van der Waals surface area contributed by atoms with E-state index in [1.54, 1.807) is 0 Å². The lowest BCUT2D eigenvalue weighted by Gasteiger charge is -2.14. The molecule has 0 radical (unpaired) electrons. The Morgan fingerprint density at radius 2 is 2.00 bits per heavy atom. The molecule has 0 bridgehead atoms. The SMILES string of the molecule is CCC(=S)N[C@@H](CC(N)=O)C(N)=O. The Hall–Kier alpha value is -1.17. The fourth-order valence-electron chi connectivity index (χ4n) is 0.720. The van der Waals surface area contributed by atoms with Gasteiger partial charge in [-0.25, -0.2) is 0 Å². The Balaban J connectivity index is 4.18. The molecule has 0 aliphatic heterocycles. The van der Waals surface area contributed by atoms with Gasteiger partial charge in [0.2, 0.25) is 11.8 Å². The molecule has 1 atom stereocenters. The van der Waals surface area contributed by atoms with Crippen molar-refractivity contribution >= 4 is 29.0 Å². The monoisotopic (exact) mass is 203 g/mol. The molecule has 2 amide bonds. The molecule has 0 rings (SSSR count). The van der Waals surface area contributed by atoms with Crippen LogP contribution in [0.15, 0.2) is 0 Å². The number of carbonyl (C=O) groups excluding carboxylic acids is 2. The lowest BCUT2D eigenvalue weighted by Crippen LogP contribution is -2.45. The van der Waals surface area contributed by atoms with E-state index in [4.69, 9.17) is 23.7 Å². The summed E-state index contributed by atoms with van der Waals surface area (Å²) in [6.07, 6.45) is 0.466. The number of primary amides is 2. The molecule has 0 aliphatic carbocycles. The molecule has 0 aromatic carbocycles. The summed E-state index contributed by atoms with van der Waals surface area (Å²) in [7, 11) is 0. The van der Waals surface area contributed by atoms with Gasteiger partial charge in [-0.15, -0.1) is 0 Å². The lowest BCUT2D eigenvalue weighted by atomic mass is 10.2. The predicted molar refractivity (Wildman–Crippen MR) is 52.8 cm³/mol. The van der Waals surface area contributed by atoms with Crippen molar-refractivity contribution in [3.05, 3.63) is 0 Å². The van der Waals surface area contributed by atoms with Gasteiger partial charge in [-0.2, -0.15) is 0 Å². The normalized spacial score (nSPS) is 11.8. The van der Waals surface area contributed by atoms with Crippen molar-refractivity contribution in [2.75, 3.05) is 0 Å². The van der Waals surface area contributed by atoms with Crippen LogP contribution in [0.5, 0.6) is 0 Å². The van der Waals surface area contributed by atoms with Gasteiger partial charge in [0.25, 0.3) is 0 Å². The standard InChI is InChI=1S/C7H13N3O2S/c1-2-6(13)10-4(7(9)12)3-5(8)11/h4H,2-3H2,1H3,(H2,8,11)(H2,9,12)(H,10,13)/t4-/m0/s1. The summed E-state index contributed by atoms with van der Waals surface area (Å²) in [6, 6.07) is -0.787. The maximum atomic E-state index is 10.8. The van der Waals surface area contributed by atoms with Crippen molar-refractivity contribution in [2.45, 2.75) is 25.8 Å². The van der Waals surface area contributed by atoms with E-state index in [1.165, 1.54) is 0 Å². The Morgan fingerprint density at radius 3 is 2.31 bits per heavy atom. The second-order valence-corrected chi connectivity index (χ2v) is 3.04. The summed E-state index contributed by atoms with van der Waals surface area (Å²) < 4.78 is 0. The van der Waals surface area contributed by atoms with Crippen molar-refractivity contribution in [3.8, 4) is 0 Å². The summed E-state index contributed by atoms with van der Waals surface area (Å²) in [5, 5.41) is 2.65. The molecule has 6 heteroatoms. The van der Waals surface area contributed by atoms with Gasteiger partial charge in [-0.1, -0.05) is 19.1 Å². The molecule has 5 nitrogen and oxygen atoms in total. The molecule has 0 saturated heterocycles. The van der Waals surface area contributed by atoms with Crippen LogP contribution in [0.4, 0.5) is 0 Å². The molecule has 0 fully saturated rings. The van der Waals surface area contributed by atoms with Crippen LogP contribution in [0.25, 0.3) is 0 Å². The zero-order valence-electron chi connectivity index (χ0n) is 7.37. The van der Waals surface area contributed by atoms with Crippen LogP contribution in [-0.4, -0.2) is 22.8 Å². The fraction of sp³-hybridized carbons (Fsp3) is 0.571. The highest BCUT2D eigenvalue weighted by atomic mass is 32.1. The minimum Gasteiger partial charge on any atom is -0.370 e. The summed E-state index contributed by atoms with van der Waals surface area (Å²) in [5.74, 6) is -1.22. The van der Waals surface area contributed by atoms with E-state index in [2.05, 4.69) is 5.32 Å². The molecule has 0 saturated carbocycles. The van der Waals surface area contributed by atoms with Crippen molar-refractivity contribution in [2.24, 2.45) is 11.5 Å². The molecular weight excluding hydrogens is 190 g/mol. The zero-order chi connectivity index (χ0) is 10.4. The number of nitrogens with one attached hydrogen (secondary N) is 1. The highest BCUT2D eigenvalue weighted by Gasteiger charge is 2.17. The molecule has 74 valence electrons. The van der Waals surface area contributed by atoms with E-state index in [-0.39, 0.29) is 6.42 Å². The summed E-state index contributed by atoms with van der Waals surface area (Å²) in [5.41, 5.74) is 9.94. The second kappa shape index (κ2) is 5.47. The van der Waals surface area contributed by atoms with E-state index >= 15 is 0 Å². The van der Waals surface area contributed by atoms with Crippen molar-refractivity contribution in [1.82, 2.24) is 5.32 Å². The van der Waals surface area contributed by atoms with E-state index in [9.17, 15) is 9.59 Å². The highest BCUT2D eigenvalue weighted by molar-refractivity contribution is 7.80. The van der Waals surface area contributed by atoms with E-state index < -0.39 is 17.9 Å². The molecule has 5 N–H and O–H groups in total. The molecule has 0 aromatic rings. The summed E-state index contributed by atoms with van der Waals surface area (Å²) in [6.45, 7) is 1.83. The van der Waals surface area contributed by atoms with Crippen LogP contribution < -0.4 is 16.8 Å². The van der Waals surface area contributed by atoms with Crippen molar-refractivity contribution in [3.63, 3.8) is 0 Å². The molecule has 0 heterocycles. The van der Waals surface area contributed by atoms with Crippen LogP contribution in [0.3, 0.4) is 0 Å². The average Bonchev–Trinajstić information content (AvgIpc) is 2.02. The second-order valence-electron chi connectivity index (χ2n) is 2.55. The predicted octanol–water partition coefficient (Wildman–Crippen LogP) is -0.957. The molecular formula is C7H13N3O2S. The van der Waals surface area contributed by atoms with Gasteiger partial charge in [0.05, 0.1) is 11.4 Å². The fourth-order valence-corrected chi connectivity index (χ4v) is 0.863. The smallest absolute Gasteiger partial charge is 0.240 e. The average molecular weight is 203 g/mol.